The third-order valence-corrected chi connectivity index (χ3v) is 3.57. The Morgan fingerprint density at radius 1 is 1.47 bits per heavy atom. The molecule has 2 unspecified atom stereocenters. The first kappa shape index (κ1) is 12.3. The number of pyridine rings is 1. The molecule has 0 bridgehead atoms. The largest absolute Gasteiger partial charge is 0.392 e. The Bertz CT molecular complexity index is 381. The zero-order valence-corrected chi connectivity index (χ0v) is 10.8. The first-order chi connectivity index (χ1) is 8.13. The number of rotatable bonds is 3. The minimum absolute atomic E-state index is 0.0562. The number of likely N-dealkylation sites (N-methyl/N-ethyl adjacent to an activating group) is 1. The van der Waals surface area contributed by atoms with Crippen LogP contribution in [-0.2, 0) is 6.61 Å². The lowest BCUT2D eigenvalue weighted by Gasteiger charge is -2.23. The van der Waals surface area contributed by atoms with Crippen LogP contribution in [0.5, 0.6) is 0 Å². The summed E-state index contributed by atoms with van der Waals surface area (Å²) < 4.78 is 0. The van der Waals surface area contributed by atoms with Crippen molar-refractivity contribution in [1.82, 2.24) is 9.88 Å². The van der Waals surface area contributed by atoms with E-state index in [2.05, 4.69) is 35.8 Å². The zero-order chi connectivity index (χ0) is 12.4. The SMILES string of the molecule is CC1CN(c2ncccc2CO)CC1N(C)C. The molecule has 0 aromatic carbocycles. The highest BCUT2D eigenvalue weighted by atomic mass is 16.3. The Kier molecular flexibility index (Phi) is 3.64. The molecule has 0 amide bonds. The van der Waals surface area contributed by atoms with Gasteiger partial charge in [-0.15, -0.1) is 0 Å². The summed E-state index contributed by atoms with van der Waals surface area (Å²) >= 11 is 0. The standard InChI is InChI=1S/C13H21N3O/c1-10-7-16(8-12(10)15(2)3)13-11(9-17)5-4-6-14-13/h4-6,10,12,17H,7-9H2,1-3H3. The first-order valence-corrected chi connectivity index (χ1v) is 6.09. The van der Waals surface area contributed by atoms with Crippen molar-refractivity contribution in [3.63, 3.8) is 0 Å². The Morgan fingerprint density at radius 2 is 2.24 bits per heavy atom. The highest BCUT2D eigenvalue weighted by Crippen LogP contribution is 2.26. The molecule has 1 aromatic rings. The molecule has 1 aliphatic rings. The van der Waals surface area contributed by atoms with E-state index >= 15 is 0 Å². The molecule has 94 valence electrons. The third kappa shape index (κ3) is 2.42. The first-order valence-electron chi connectivity index (χ1n) is 6.09. The van der Waals surface area contributed by atoms with Crippen LogP contribution in [0.4, 0.5) is 5.82 Å². The summed E-state index contributed by atoms with van der Waals surface area (Å²) in [6, 6.07) is 4.37. The summed E-state index contributed by atoms with van der Waals surface area (Å²) in [5, 5.41) is 9.34. The summed E-state index contributed by atoms with van der Waals surface area (Å²) in [5.41, 5.74) is 0.916. The maximum absolute atomic E-state index is 9.34. The fourth-order valence-electron chi connectivity index (χ4n) is 2.63. The summed E-state index contributed by atoms with van der Waals surface area (Å²) in [5.74, 6) is 1.56. The maximum Gasteiger partial charge on any atom is 0.134 e. The number of aliphatic hydroxyl groups excluding tert-OH is 1. The predicted octanol–water partition coefficient (Wildman–Crippen LogP) is 0.960. The molecule has 1 aromatic heterocycles. The number of hydrogen-bond donors (Lipinski definition) is 1. The number of hydrogen-bond acceptors (Lipinski definition) is 4. The molecule has 1 aliphatic heterocycles. The molecule has 0 aliphatic carbocycles. The fraction of sp³-hybridized carbons (Fsp3) is 0.615. The highest BCUT2D eigenvalue weighted by molar-refractivity contribution is 5.47. The fourth-order valence-corrected chi connectivity index (χ4v) is 2.63. The normalized spacial score (nSPS) is 24.6. The van der Waals surface area contributed by atoms with E-state index in [1.165, 1.54) is 0 Å². The Hall–Kier alpha value is -1.13. The number of nitrogens with zero attached hydrogens (tertiary/aromatic N) is 3. The van der Waals surface area contributed by atoms with Gasteiger partial charge in [0.15, 0.2) is 0 Å². The lowest BCUT2D eigenvalue weighted by atomic mass is 10.1. The summed E-state index contributed by atoms with van der Waals surface area (Å²) in [7, 11) is 4.24. The average molecular weight is 235 g/mol. The van der Waals surface area contributed by atoms with Gasteiger partial charge < -0.3 is 14.9 Å². The van der Waals surface area contributed by atoms with E-state index in [9.17, 15) is 5.11 Å². The van der Waals surface area contributed by atoms with Crippen molar-refractivity contribution in [3.05, 3.63) is 23.9 Å². The minimum Gasteiger partial charge on any atom is -0.392 e. The van der Waals surface area contributed by atoms with Gasteiger partial charge in [0, 0.05) is 30.9 Å². The van der Waals surface area contributed by atoms with Crippen LogP contribution < -0.4 is 4.90 Å². The molecule has 0 radical (unpaired) electrons. The van der Waals surface area contributed by atoms with Crippen molar-refractivity contribution in [2.75, 3.05) is 32.1 Å². The van der Waals surface area contributed by atoms with Crippen LogP contribution in [0.25, 0.3) is 0 Å². The van der Waals surface area contributed by atoms with Gasteiger partial charge in [-0.2, -0.15) is 0 Å². The second-order valence-electron chi connectivity index (χ2n) is 5.06. The Morgan fingerprint density at radius 3 is 2.82 bits per heavy atom. The summed E-state index contributed by atoms with van der Waals surface area (Å²) in [4.78, 5) is 8.96. The van der Waals surface area contributed by atoms with Gasteiger partial charge in [0.25, 0.3) is 0 Å². The molecule has 2 atom stereocenters. The second kappa shape index (κ2) is 5.02. The lowest BCUT2D eigenvalue weighted by molar-refractivity contribution is 0.266. The van der Waals surface area contributed by atoms with E-state index in [4.69, 9.17) is 0 Å². The van der Waals surface area contributed by atoms with E-state index in [1.807, 2.05) is 12.1 Å². The van der Waals surface area contributed by atoms with Crippen LogP contribution in [0.15, 0.2) is 18.3 Å². The smallest absolute Gasteiger partial charge is 0.134 e. The highest BCUT2D eigenvalue weighted by Gasteiger charge is 2.32. The molecule has 2 heterocycles. The van der Waals surface area contributed by atoms with E-state index < -0.39 is 0 Å². The molecule has 1 saturated heterocycles. The molecule has 4 heteroatoms. The molecule has 0 saturated carbocycles. The van der Waals surface area contributed by atoms with Gasteiger partial charge in [-0.1, -0.05) is 13.0 Å². The Labute approximate surface area is 103 Å². The molecule has 17 heavy (non-hydrogen) atoms. The van der Waals surface area contributed by atoms with Crippen molar-refractivity contribution < 1.29 is 5.11 Å². The third-order valence-electron chi connectivity index (χ3n) is 3.57. The molecule has 1 fully saturated rings. The van der Waals surface area contributed by atoms with E-state index in [0.29, 0.717) is 12.0 Å². The average Bonchev–Trinajstić information content (AvgIpc) is 2.71. The van der Waals surface area contributed by atoms with Gasteiger partial charge in [0.2, 0.25) is 0 Å². The van der Waals surface area contributed by atoms with Gasteiger partial charge in [0.05, 0.1) is 6.61 Å². The molecule has 2 rings (SSSR count). The van der Waals surface area contributed by atoms with Crippen molar-refractivity contribution in [1.29, 1.82) is 0 Å². The van der Waals surface area contributed by atoms with Crippen LogP contribution in [0.1, 0.15) is 12.5 Å². The second-order valence-corrected chi connectivity index (χ2v) is 5.06. The number of aromatic nitrogens is 1. The summed E-state index contributed by atoms with van der Waals surface area (Å²) in [6.45, 7) is 4.32. The van der Waals surface area contributed by atoms with Crippen LogP contribution >= 0.6 is 0 Å². The topological polar surface area (TPSA) is 39.6 Å². The zero-order valence-electron chi connectivity index (χ0n) is 10.8. The van der Waals surface area contributed by atoms with Gasteiger partial charge in [-0.25, -0.2) is 4.98 Å². The number of aliphatic hydroxyl groups is 1. The van der Waals surface area contributed by atoms with Crippen LogP contribution in [0.2, 0.25) is 0 Å². The molecular formula is C13H21N3O. The lowest BCUT2D eigenvalue weighted by Crippen LogP contribution is -2.34. The van der Waals surface area contributed by atoms with Gasteiger partial charge in [0.1, 0.15) is 5.82 Å². The molecule has 0 spiro atoms. The van der Waals surface area contributed by atoms with Crippen molar-refractivity contribution in [2.45, 2.75) is 19.6 Å². The van der Waals surface area contributed by atoms with Gasteiger partial charge in [-0.05, 0) is 26.1 Å². The summed E-state index contributed by atoms with van der Waals surface area (Å²) in [6.07, 6.45) is 1.79. The van der Waals surface area contributed by atoms with Crippen molar-refractivity contribution >= 4 is 5.82 Å². The van der Waals surface area contributed by atoms with E-state index in [-0.39, 0.29) is 6.61 Å². The van der Waals surface area contributed by atoms with Crippen LogP contribution in [0, 0.1) is 5.92 Å². The molecule has 4 nitrogen and oxygen atoms in total. The van der Waals surface area contributed by atoms with Gasteiger partial charge >= 0.3 is 0 Å². The quantitative estimate of drug-likeness (QED) is 0.847. The van der Waals surface area contributed by atoms with E-state index in [0.717, 1.165) is 24.5 Å². The molecule has 1 N–H and O–H groups in total. The van der Waals surface area contributed by atoms with Gasteiger partial charge in [-0.3, -0.25) is 0 Å². The monoisotopic (exact) mass is 235 g/mol. The molecular weight excluding hydrogens is 214 g/mol. The van der Waals surface area contributed by atoms with Crippen LogP contribution in [-0.4, -0.2) is 48.2 Å². The number of anilines is 1. The minimum atomic E-state index is 0.0562. The van der Waals surface area contributed by atoms with Crippen molar-refractivity contribution in [3.8, 4) is 0 Å². The van der Waals surface area contributed by atoms with Crippen molar-refractivity contribution in [2.24, 2.45) is 5.92 Å². The Balaban J connectivity index is 2.19. The maximum atomic E-state index is 9.34. The van der Waals surface area contributed by atoms with E-state index in [1.54, 1.807) is 6.20 Å². The predicted molar refractivity (Wildman–Crippen MR) is 69.0 cm³/mol. The van der Waals surface area contributed by atoms with Crippen LogP contribution in [0.3, 0.4) is 0 Å².